The van der Waals surface area contributed by atoms with Gasteiger partial charge in [0.1, 0.15) is 0 Å². The SMILES string of the molecule is CC(C)CC(=O)NC1(C)CCNCC1. The Morgan fingerprint density at radius 1 is 1.43 bits per heavy atom. The van der Waals surface area contributed by atoms with Gasteiger partial charge in [0.25, 0.3) is 0 Å². The van der Waals surface area contributed by atoms with E-state index in [0.29, 0.717) is 12.3 Å². The van der Waals surface area contributed by atoms with Crippen LogP contribution in [-0.2, 0) is 4.79 Å². The minimum atomic E-state index is 0.0250. The number of nitrogens with one attached hydrogen (secondary N) is 2. The third-order valence-electron chi connectivity index (χ3n) is 2.74. The molecule has 1 amide bonds. The molecule has 0 aromatic carbocycles. The molecule has 1 aliphatic rings. The van der Waals surface area contributed by atoms with E-state index in [0.717, 1.165) is 25.9 Å². The van der Waals surface area contributed by atoms with Gasteiger partial charge in [-0.1, -0.05) is 13.8 Å². The fraction of sp³-hybridized carbons (Fsp3) is 0.909. The van der Waals surface area contributed by atoms with Crippen LogP contribution in [0.5, 0.6) is 0 Å². The zero-order valence-electron chi connectivity index (χ0n) is 9.52. The van der Waals surface area contributed by atoms with Crippen molar-refractivity contribution < 1.29 is 4.79 Å². The van der Waals surface area contributed by atoms with Crippen molar-refractivity contribution in [2.75, 3.05) is 13.1 Å². The van der Waals surface area contributed by atoms with Gasteiger partial charge in [-0.15, -0.1) is 0 Å². The molecule has 0 saturated carbocycles. The maximum absolute atomic E-state index is 11.6. The maximum Gasteiger partial charge on any atom is 0.220 e. The second kappa shape index (κ2) is 4.78. The Kier molecular flexibility index (Phi) is 3.93. The molecule has 14 heavy (non-hydrogen) atoms. The molecule has 1 heterocycles. The zero-order valence-corrected chi connectivity index (χ0v) is 9.52. The molecule has 0 radical (unpaired) electrons. The van der Waals surface area contributed by atoms with Crippen LogP contribution < -0.4 is 10.6 Å². The smallest absolute Gasteiger partial charge is 0.220 e. The molecule has 82 valence electrons. The minimum Gasteiger partial charge on any atom is -0.351 e. The van der Waals surface area contributed by atoms with Gasteiger partial charge in [-0.25, -0.2) is 0 Å². The summed E-state index contributed by atoms with van der Waals surface area (Å²) in [6.07, 6.45) is 2.72. The van der Waals surface area contributed by atoms with E-state index in [1.807, 2.05) is 0 Å². The lowest BCUT2D eigenvalue weighted by atomic mass is 9.90. The number of piperidine rings is 1. The number of hydrogen-bond acceptors (Lipinski definition) is 2. The largest absolute Gasteiger partial charge is 0.351 e. The Morgan fingerprint density at radius 2 is 2.00 bits per heavy atom. The van der Waals surface area contributed by atoms with Gasteiger partial charge in [-0.2, -0.15) is 0 Å². The van der Waals surface area contributed by atoms with Crippen LogP contribution >= 0.6 is 0 Å². The second-order valence-corrected chi connectivity index (χ2v) is 4.96. The number of rotatable bonds is 3. The topological polar surface area (TPSA) is 41.1 Å². The Morgan fingerprint density at radius 3 is 2.50 bits per heavy atom. The molecular formula is C11H22N2O. The highest BCUT2D eigenvalue weighted by atomic mass is 16.1. The van der Waals surface area contributed by atoms with Crippen LogP contribution in [0.1, 0.15) is 40.0 Å². The quantitative estimate of drug-likeness (QED) is 0.717. The Hall–Kier alpha value is -0.570. The number of amides is 1. The van der Waals surface area contributed by atoms with Gasteiger partial charge in [-0.05, 0) is 38.8 Å². The molecule has 0 atom stereocenters. The summed E-state index contributed by atoms with van der Waals surface area (Å²) in [5.41, 5.74) is 0.0250. The predicted molar refractivity (Wildman–Crippen MR) is 58.1 cm³/mol. The van der Waals surface area contributed by atoms with E-state index in [2.05, 4.69) is 31.4 Å². The normalized spacial score (nSPS) is 20.9. The van der Waals surface area contributed by atoms with E-state index >= 15 is 0 Å². The van der Waals surface area contributed by atoms with Crippen molar-refractivity contribution in [2.45, 2.75) is 45.6 Å². The van der Waals surface area contributed by atoms with Gasteiger partial charge >= 0.3 is 0 Å². The standard InChI is InChI=1S/C11H22N2O/c1-9(2)8-10(14)13-11(3)4-6-12-7-5-11/h9,12H,4-8H2,1-3H3,(H,13,14). The van der Waals surface area contributed by atoms with Crippen LogP contribution in [0.15, 0.2) is 0 Å². The van der Waals surface area contributed by atoms with E-state index in [-0.39, 0.29) is 11.4 Å². The van der Waals surface area contributed by atoms with Crippen molar-refractivity contribution in [1.82, 2.24) is 10.6 Å². The first-order valence-corrected chi connectivity index (χ1v) is 5.53. The van der Waals surface area contributed by atoms with Gasteiger partial charge in [0.05, 0.1) is 0 Å². The van der Waals surface area contributed by atoms with Crippen molar-refractivity contribution in [3.8, 4) is 0 Å². The average molecular weight is 198 g/mol. The lowest BCUT2D eigenvalue weighted by molar-refractivity contribution is -0.123. The van der Waals surface area contributed by atoms with E-state index < -0.39 is 0 Å². The first kappa shape index (κ1) is 11.5. The predicted octanol–water partition coefficient (Wildman–Crippen LogP) is 1.29. The summed E-state index contributed by atoms with van der Waals surface area (Å²) in [4.78, 5) is 11.6. The van der Waals surface area contributed by atoms with Crippen LogP contribution in [0.2, 0.25) is 0 Å². The Balaban J connectivity index is 2.37. The highest BCUT2D eigenvalue weighted by Gasteiger charge is 2.28. The number of carbonyl (C=O) groups is 1. The van der Waals surface area contributed by atoms with Crippen molar-refractivity contribution in [1.29, 1.82) is 0 Å². The fourth-order valence-corrected chi connectivity index (χ4v) is 1.86. The summed E-state index contributed by atoms with van der Waals surface area (Å²) in [5, 5.41) is 6.45. The van der Waals surface area contributed by atoms with Crippen molar-refractivity contribution in [3.63, 3.8) is 0 Å². The molecule has 0 aliphatic carbocycles. The fourth-order valence-electron chi connectivity index (χ4n) is 1.86. The number of carbonyl (C=O) groups excluding carboxylic acids is 1. The summed E-state index contributed by atoms with van der Waals surface area (Å²) < 4.78 is 0. The first-order valence-electron chi connectivity index (χ1n) is 5.53. The molecule has 0 unspecified atom stereocenters. The molecule has 1 saturated heterocycles. The highest BCUT2D eigenvalue weighted by molar-refractivity contribution is 5.76. The van der Waals surface area contributed by atoms with Crippen LogP contribution in [0.25, 0.3) is 0 Å². The molecule has 0 aromatic heterocycles. The van der Waals surface area contributed by atoms with E-state index in [4.69, 9.17) is 0 Å². The second-order valence-electron chi connectivity index (χ2n) is 4.96. The van der Waals surface area contributed by atoms with Crippen molar-refractivity contribution >= 4 is 5.91 Å². The van der Waals surface area contributed by atoms with Crippen LogP contribution in [0, 0.1) is 5.92 Å². The molecule has 3 heteroatoms. The first-order chi connectivity index (χ1) is 6.52. The highest BCUT2D eigenvalue weighted by Crippen LogP contribution is 2.17. The monoisotopic (exact) mass is 198 g/mol. The summed E-state index contributed by atoms with van der Waals surface area (Å²) in [5.74, 6) is 0.643. The number of hydrogen-bond donors (Lipinski definition) is 2. The average Bonchev–Trinajstić information content (AvgIpc) is 2.02. The van der Waals surface area contributed by atoms with E-state index in [1.165, 1.54) is 0 Å². The molecule has 3 nitrogen and oxygen atoms in total. The molecule has 1 fully saturated rings. The molecular weight excluding hydrogens is 176 g/mol. The molecule has 1 aliphatic heterocycles. The Labute approximate surface area is 86.6 Å². The minimum absolute atomic E-state index is 0.0250. The van der Waals surface area contributed by atoms with Gasteiger partial charge in [0.2, 0.25) is 5.91 Å². The summed E-state index contributed by atoms with van der Waals surface area (Å²) in [7, 11) is 0. The molecule has 0 bridgehead atoms. The third-order valence-corrected chi connectivity index (χ3v) is 2.74. The van der Waals surface area contributed by atoms with E-state index in [9.17, 15) is 4.79 Å². The van der Waals surface area contributed by atoms with Crippen LogP contribution in [0.4, 0.5) is 0 Å². The van der Waals surface area contributed by atoms with Crippen LogP contribution in [-0.4, -0.2) is 24.5 Å². The summed E-state index contributed by atoms with van der Waals surface area (Å²) in [6.45, 7) is 8.32. The Bertz CT molecular complexity index is 195. The van der Waals surface area contributed by atoms with Crippen LogP contribution in [0.3, 0.4) is 0 Å². The van der Waals surface area contributed by atoms with E-state index in [1.54, 1.807) is 0 Å². The third kappa shape index (κ3) is 3.66. The van der Waals surface area contributed by atoms with Crippen molar-refractivity contribution in [2.24, 2.45) is 5.92 Å². The van der Waals surface area contributed by atoms with Gasteiger partial charge in [-0.3, -0.25) is 4.79 Å². The van der Waals surface area contributed by atoms with Crippen molar-refractivity contribution in [3.05, 3.63) is 0 Å². The summed E-state index contributed by atoms with van der Waals surface area (Å²) in [6, 6.07) is 0. The summed E-state index contributed by atoms with van der Waals surface area (Å²) >= 11 is 0. The molecule has 0 spiro atoms. The van der Waals surface area contributed by atoms with Gasteiger partial charge < -0.3 is 10.6 Å². The molecule has 0 aromatic rings. The van der Waals surface area contributed by atoms with Gasteiger partial charge in [0.15, 0.2) is 0 Å². The molecule has 1 rings (SSSR count). The zero-order chi connectivity index (χ0) is 10.6. The van der Waals surface area contributed by atoms with Gasteiger partial charge in [0, 0.05) is 12.0 Å². The molecule has 2 N–H and O–H groups in total. The lowest BCUT2D eigenvalue weighted by Crippen LogP contribution is -2.52. The maximum atomic E-state index is 11.6. The lowest BCUT2D eigenvalue weighted by Gasteiger charge is -2.35.